The molecule has 2 saturated heterocycles. The number of sulfonamides is 1. The van der Waals surface area contributed by atoms with Crippen molar-refractivity contribution in [2.75, 3.05) is 13.1 Å². The average molecular weight is 312 g/mol. The van der Waals surface area contributed by atoms with E-state index in [4.69, 9.17) is 16.3 Å². The van der Waals surface area contributed by atoms with Crippen LogP contribution < -0.4 is 0 Å². The number of rotatable bonds is 2. The second-order valence-corrected chi connectivity index (χ2v) is 8.03. The highest BCUT2D eigenvalue weighted by Gasteiger charge is 2.57. The molecule has 3 aliphatic heterocycles. The van der Waals surface area contributed by atoms with Crippen LogP contribution in [0.25, 0.3) is 0 Å². The summed E-state index contributed by atoms with van der Waals surface area (Å²) in [7, 11) is -3.47. The maximum absolute atomic E-state index is 12.7. The highest BCUT2D eigenvalue weighted by Crippen LogP contribution is 2.48. The van der Waals surface area contributed by atoms with Crippen LogP contribution in [0.2, 0.25) is 5.02 Å². The van der Waals surface area contributed by atoms with Crippen LogP contribution in [-0.2, 0) is 14.8 Å². The van der Waals surface area contributed by atoms with Crippen molar-refractivity contribution in [3.05, 3.63) is 41.4 Å². The molecule has 2 bridgehead atoms. The molecule has 0 amide bonds. The number of hydrogen-bond donors (Lipinski definition) is 0. The lowest BCUT2D eigenvalue weighted by molar-refractivity contribution is 0.0291. The van der Waals surface area contributed by atoms with Crippen molar-refractivity contribution in [1.29, 1.82) is 0 Å². The van der Waals surface area contributed by atoms with Gasteiger partial charge in [-0.05, 0) is 30.7 Å². The minimum absolute atomic E-state index is 0.181. The second-order valence-electron chi connectivity index (χ2n) is 5.65. The Balaban J connectivity index is 1.66. The third-order valence-corrected chi connectivity index (χ3v) is 6.55. The average Bonchev–Trinajstić information content (AvgIpc) is 3.05. The Bertz CT molecular complexity index is 685. The molecule has 0 aliphatic carbocycles. The molecule has 0 unspecified atom stereocenters. The van der Waals surface area contributed by atoms with Crippen LogP contribution in [0.3, 0.4) is 0 Å². The molecule has 106 valence electrons. The summed E-state index contributed by atoms with van der Waals surface area (Å²) in [5.41, 5.74) is -0.385. The van der Waals surface area contributed by atoms with Crippen molar-refractivity contribution in [3.8, 4) is 0 Å². The van der Waals surface area contributed by atoms with E-state index in [-0.39, 0.29) is 22.5 Å². The molecule has 6 heteroatoms. The molecule has 1 aromatic carbocycles. The van der Waals surface area contributed by atoms with E-state index in [2.05, 4.69) is 6.08 Å². The summed E-state index contributed by atoms with van der Waals surface area (Å²) in [6.07, 6.45) is 5.20. The summed E-state index contributed by atoms with van der Waals surface area (Å²) in [5.74, 6) is 0.277. The molecule has 0 radical (unpaired) electrons. The molecule has 4 rings (SSSR count). The van der Waals surface area contributed by atoms with E-state index < -0.39 is 10.0 Å². The smallest absolute Gasteiger partial charge is 0.243 e. The molecule has 0 aromatic heterocycles. The first-order chi connectivity index (χ1) is 9.49. The molecular weight excluding hydrogens is 298 g/mol. The van der Waals surface area contributed by atoms with E-state index in [0.29, 0.717) is 18.1 Å². The number of hydrogen-bond acceptors (Lipinski definition) is 3. The molecule has 4 nitrogen and oxygen atoms in total. The third-order valence-electron chi connectivity index (χ3n) is 4.47. The van der Waals surface area contributed by atoms with Crippen LogP contribution in [0.15, 0.2) is 41.3 Å². The van der Waals surface area contributed by atoms with Gasteiger partial charge in [-0.3, -0.25) is 0 Å². The molecular formula is C14H14ClNO3S. The highest BCUT2D eigenvalue weighted by molar-refractivity contribution is 7.89. The van der Waals surface area contributed by atoms with Gasteiger partial charge in [-0.25, -0.2) is 8.42 Å². The number of benzene rings is 1. The molecule has 2 fully saturated rings. The summed E-state index contributed by atoms with van der Waals surface area (Å²) in [6.45, 7) is 0.946. The lowest BCUT2D eigenvalue weighted by atomic mass is 9.86. The monoisotopic (exact) mass is 311 g/mol. The zero-order valence-electron chi connectivity index (χ0n) is 10.7. The Morgan fingerprint density at radius 3 is 2.70 bits per heavy atom. The Labute approximate surface area is 123 Å². The Morgan fingerprint density at radius 1 is 1.30 bits per heavy atom. The van der Waals surface area contributed by atoms with E-state index in [9.17, 15) is 8.42 Å². The fraction of sp³-hybridized carbons (Fsp3) is 0.429. The number of ether oxygens (including phenoxy) is 1. The first kappa shape index (κ1) is 12.8. The van der Waals surface area contributed by atoms with Crippen molar-refractivity contribution < 1.29 is 13.2 Å². The minimum Gasteiger partial charge on any atom is -0.362 e. The lowest BCUT2D eigenvalue weighted by Crippen LogP contribution is -2.35. The van der Waals surface area contributed by atoms with Crippen molar-refractivity contribution >= 4 is 21.6 Å². The van der Waals surface area contributed by atoms with Gasteiger partial charge in [-0.15, -0.1) is 0 Å². The fourth-order valence-corrected chi connectivity index (χ4v) is 5.09. The van der Waals surface area contributed by atoms with Gasteiger partial charge in [0.25, 0.3) is 0 Å². The third kappa shape index (κ3) is 1.70. The van der Waals surface area contributed by atoms with E-state index >= 15 is 0 Å². The molecule has 3 heterocycles. The predicted octanol–water partition coefficient (Wildman–Crippen LogP) is 2.06. The first-order valence-electron chi connectivity index (χ1n) is 6.62. The maximum Gasteiger partial charge on any atom is 0.243 e. The Morgan fingerprint density at radius 2 is 2.05 bits per heavy atom. The van der Waals surface area contributed by atoms with E-state index in [1.807, 2.05) is 6.08 Å². The van der Waals surface area contributed by atoms with Crippen LogP contribution in [0, 0.1) is 5.92 Å². The van der Waals surface area contributed by atoms with Gasteiger partial charge in [0, 0.05) is 24.0 Å². The zero-order chi connectivity index (χ0) is 14.0. The lowest BCUT2D eigenvalue weighted by Gasteiger charge is -2.22. The van der Waals surface area contributed by atoms with Gasteiger partial charge in [0.2, 0.25) is 10.0 Å². The highest BCUT2D eigenvalue weighted by atomic mass is 35.5. The molecule has 0 saturated carbocycles. The van der Waals surface area contributed by atoms with Crippen molar-refractivity contribution in [3.63, 3.8) is 0 Å². The van der Waals surface area contributed by atoms with Crippen LogP contribution >= 0.6 is 11.6 Å². The van der Waals surface area contributed by atoms with Gasteiger partial charge in [0.15, 0.2) is 0 Å². The first-order valence-corrected chi connectivity index (χ1v) is 8.44. The quantitative estimate of drug-likeness (QED) is 0.785. The molecule has 3 aliphatic rings. The van der Waals surface area contributed by atoms with Crippen molar-refractivity contribution in [2.24, 2.45) is 5.92 Å². The maximum atomic E-state index is 12.7. The summed E-state index contributed by atoms with van der Waals surface area (Å²) >= 11 is 5.81. The van der Waals surface area contributed by atoms with Gasteiger partial charge in [-0.2, -0.15) is 4.31 Å². The van der Waals surface area contributed by atoms with Crippen LogP contribution in [0.5, 0.6) is 0 Å². The van der Waals surface area contributed by atoms with Crippen molar-refractivity contribution in [1.82, 2.24) is 4.31 Å². The van der Waals surface area contributed by atoms with E-state index in [1.165, 1.54) is 4.31 Å². The summed E-state index contributed by atoms with van der Waals surface area (Å²) in [5, 5.41) is 0.533. The van der Waals surface area contributed by atoms with E-state index in [0.717, 1.165) is 6.42 Å². The normalized spacial score (nSPS) is 35.6. The summed E-state index contributed by atoms with van der Waals surface area (Å²) in [4.78, 5) is 0.289. The fourth-order valence-electron chi connectivity index (χ4n) is 3.44. The summed E-state index contributed by atoms with van der Waals surface area (Å²) in [6, 6.07) is 6.31. The topological polar surface area (TPSA) is 46.6 Å². The van der Waals surface area contributed by atoms with Crippen LogP contribution in [0.1, 0.15) is 6.42 Å². The number of nitrogens with zero attached hydrogens (tertiary/aromatic N) is 1. The van der Waals surface area contributed by atoms with Gasteiger partial charge in [-0.1, -0.05) is 23.8 Å². The Kier molecular flexibility index (Phi) is 2.61. The van der Waals surface area contributed by atoms with Gasteiger partial charge < -0.3 is 4.74 Å². The SMILES string of the molecule is O=S(=O)(c1ccc(Cl)cc1)N1C[C@@H]2C[C@H]3C=C[C@@]2(C1)O3. The van der Waals surface area contributed by atoms with Crippen molar-refractivity contribution in [2.45, 2.75) is 23.0 Å². The zero-order valence-corrected chi connectivity index (χ0v) is 12.3. The van der Waals surface area contributed by atoms with Gasteiger partial charge >= 0.3 is 0 Å². The van der Waals surface area contributed by atoms with Gasteiger partial charge in [0.1, 0.15) is 5.60 Å². The largest absolute Gasteiger partial charge is 0.362 e. The number of fused-ring (bicyclic) bond motifs is 1. The molecule has 0 N–H and O–H groups in total. The standard InChI is InChI=1S/C14H14ClNO3S/c15-11-1-3-13(4-2-11)20(17,18)16-8-10-7-12-5-6-14(10,9-16)19-12/h1-6,10,12H,7-9H2/t10-,12+,14-/m0/s1. The van der Waals surface area contributed by atoms with Crippen LogP contribution in [-0.4, -0.2) is 37.5 Å². The molecule has 1 aromatic rings. The van der Waals surface area contributed by atoms with E-state index in [1.54, 1.807) is 24.3 Å². The molecule has 20 heavy (non-hydrogen) atoms. The molecule has 1 spiro atoms. The summed E-state index contributed by atoms with van der Waals surface area (Å²) < 4.78 is 32.8. The van der Waals surface area contributed by atoms with Crippen LogP contribution in [0.4, 0.5) is 0 Å². The molecule has 3 atom stereocenters. The van der Waals surface area contributed by atoms with Gasteiger partial charge in [0.05, 0.1) is 11.0 Å². The number of halogens is 1. The minimum atomic E-state index is -3.47. The second kappa shape index (κ2) is 4.07. The predicted molar refractivity (Wildman–Crippen MR) is 75.1 cm³/mol. The Hall–Kier alpha value is -0.880.